The van der Waals surface area contributed by atoms with Gasteiger partial charge in [0.15, 0.2) is 5.76 Å². The summed E-state index contributed by atoms with van der Waals surface area (Å²) in [5.74, 6) is -0.275. The molecule has 0 radical (unpaired) electrons. The van der Waals surface area contributed by atoms with E-state index >= 15 is 0 Å². The van der Waals surface area contributed by atoms with Crippen LogP contribution in [0.5, 0.6) is 0 Å². The van der Waals surface area contributed by atoms with Gasteiger partial charge in [0.25, 0.3) is 0 Å². The lowest BCUT2D eigenvalue weighted by Crippen LogP contribution is -2.42. The quantitative estimate of drug-likeness (QED) is 0.453. The van der Waals surface area contributed by atoms with E-state index in [0.29, 0.717) is 0 Å². The number of rotatable bonds is 5. The fraction of sp³-hybridized carbons (Fsp3) is 0.300. The molecule has 25 heavy (non-hydrogen) atoms. The number of carbonyl (C=O) groups is 2. The first-order chi connectivity index (χ1) is 11.6. The minimum atomic E-state index is -0.585. The van der Waals surface area contributed by atoms with Crippen LogP contribution >= 0.6 is 0 Å². The van der Waals surface area contributed by atoms with Gasteiger partial charge >= 0.3 is 12.1 Å². The van der Waals surface area contributed by atoms with E-state index in [1.165, 1.54) is 0 Å². The highest BCUT2D eigenvalue weighted by atomic mass is 16.6. The predicted molar refractivity (Wildman–Crippen MR) is 96.4 cm³/mol. The van der Waals surface area contributed by atoms with E-state index in [4.69, 9.17) is 9.47 Å². The van der Waals surface area contributed by atoms with Crippen LogP contribution in [0.1, 0.15) is 38.8 Å². The first kappa shape index (κ1) is 18.5. The summed E-state index contributed by atoms with van der Waals surface area (Å²) < 4.78 is 10.1. The molecule has 2 rings (SSSR count). The van der Waals surface area contributed by atoms with Gasteiger partial charge in [-0.05, 0) is 38.8 Å². The molecule has 5 heteroatoms. The van der Waals surface area contributed by atoms with E-state index < -0.39 is 17.6 Å². The average Bonchev–Trinajstić information content (AvgIpc) is 2.94. The maximum Gasteiger partial charge on any atom is 0.416 e. The summed E-state index contributed by atoms with van der Waals surface area (Å²) in [4.78, 5) is 25.3. The van der Waals surface area contributed by atoms with E-state index in [1.54, 1.807) is 11.8 Å². The molecule has 0 atom stereocenters. The lowest BCUT2D eigenvalue weighted by molar-refractivity contribution is -0.133. The van der Waals surface area contributed by atoms with Crippen molar-refractivity contribution in [3.8, 4) is 0 Å². The molecule has 1 aromatic carbocycles. The molecular weight excluding hydrogens is 318 g/mol. The van der Waals surface area contributed by atoms with E-state index in [0.717, 1.165) is 23.0 Å². The highest BCUT2D eigenvalue weighted by Crippen LogP contribution is 2.33. The number of ether oxygens (including phenoxy) is 2. The smallest absolute Gasteiger partial charge is 0.416 e. The van der Waals surface area contributed by atoms with Crippen molar-refractivity contribution in [3.05, 3.63) is 66.1 Å². The average molecular weight is 341 g/mol. The minimum Gasteiger partial charge on any atom is -0.427 e. The highest BCUT2D eigenvalue weighted by Gasteiger charge is 2.39. The third kappa shape index (κ3) is 3.99. The highest BCUT2D eigenvalue weighted by molar-refractivity contribution is 5.87. The summed E-state index contributed by atoms with van der Waals surface area (Å²) in [6.45, 7) is 15.0. The van der Waals surface area contributed by atoms with Gasteiger partial charge in [-0.25, -0.2) is 9.59 Å². The zero-order valence-corrected chi connectivity index (χ0v) is 15.1. The minimum absolute atomic E-state index is 0.220. The van der Waals surface area contributed by atoms with Gasteiger partial charge in [0.1, 0.15) is 6.26 Å². The van der Waals surface area contributed by atoms with Crippen molar-refractivity contribution < 1.29 is 19.1 Å². The first-order valence-electron chi connectivity index (χ1n) is 7.94. The molecule has 5 nitrogen and oxygen atoms in total. The molecule has 0 spiro atoms. The number of esters is 1. The Hall–Kier alpha value is -2.82. The number of nitrogens with zero attached hydrogens (tertiary/aromatic N) is 1. The van der Waals surface area contributed by atoms with Crippen molar-refractivity contribution in [2.45, 2.75) is 33.2 Å². The van der Waals surface area contributed by atoms with Gasteiger partial charge in [-0.2, -0.15) is 0 Å². The summed E-state index contributed by atoms with van der Waals surface area (Å²) in [5.41, 5.74) is 2.69. The van der Waals surface area contributed by atoms with Gasteiger partial charge < -0.3 is 9.47 Å². The zero-order chi connectivity index (χ0) is 18.8. The maximum atomic E-state index is 12.2. The van der Waals surface area contributed by atoms with Crippen molar-refractivity contribution in [2.75, 3.05) is 6.54 Å². The van der Waals surface area contributed by atoms with Crippen molar-refractivity contribution >= 4 is 17.6 Å². The Morgan fingerprint density at radius 1 is 1.24 bits per heavy atom. The largest absolute Gasteiger partial charge is 0.427 e. The molecule has 1 aliphatic heterocycles. The first-order valence-corrected chi connectivity index (χ1v) is 7.94. The Balaban J connectivity index is 2.17. The molecule has 0 aromatic heterocycles. The molecule has 1 aliphatic rings. The standard InChI is InChI=1S/C20H23NO4/c1-13(2)15-7-9-16(10-8-15)20(5,6)21-11-17(25-19(21)23)12-24-18(22)14(3)4/h7-10,12H,1,3,11H2,2,4-6H3/b17-12-. The lowest BCUT2D eigenvalue weighted by atomic mass is 9.91. The fourth-order valence-corrected chi connectivity index (χ4v) is 2.45. The number of allylic oxidation sites excluding steroid dienone is 1. The second-order valence-corrected chi connectivity index (χ2v) is 6.64. The second kappa shape index (κ2) is 6.97. The lowest BCUT2D eigenvalue weighted by Gasteiger charge is -2.33. The number of hydrogen-bond acceptors (Lipinski definition) is 4. The third-order valence-electron chi connectivity index (χ3n) is 4.16. The number of benzene rings is 1. The van der Waals surface area contributed by atoms with Gasteiger partial charge in [-0.1, -0.05) is 43.0 Å². The van der Waals surface area contributed by atoms with E-state index in [9.17, 15) is 9.59 Å². The van der Waals surface area contributed by atoms with Crippen LogP contribution in [0, 0.1) is 0 Å². The van der Waals surface area contributed by atoms with Gasteiger partial charge in [-0.3, -0.25) is 4.90 Å². The molecule has 132 valence electrons. The van der Waals surface area contributed by atoms with Crippen molar-refractivity contribution in [3.63, 3.8) is 0 Å². The maximum absolute atomic E-state index is 12.2. The second-order valence-electron chi connectivity index (χ2n) is 6.64. The SMILES string of the molecule is C=C(C)C(=O)O/C=C1/CN(C(C)(C)c2ccc(C(=C)C)cc2)C(=O)O1. The van der Waals surface area contributed by atoms with E-state index in [2.05, 4.69) is 13.2 Å². The number of amides is 1. The van der Waals surface area contributed by atoms with Crippen LogP contribution < -0.4 is 0 Å². The Morgan fingerprint density at radius 2 is 1.84 bits per heavy atom. The molecule has 0 bridgehead atoms. The van der Waals surface area contributed by atoms with Gasteiger partial charge in [-0.15, -0.1) is 0 Å². The van der Waals surface area contributed by atoms with Gasteiger partial charge in [0.05, 0.1) is 12.1 Å². The topological polar surface area (TPSA) is 55.8 Å². The van der Waals surface area contributed by atoms with Gasteiger partial charge in [0, 0.05) is 5.57 Å². The summed E-state index contributed by atoms with van der Waals surface area (Å²) in [6.07, 6.45) is 0.682. The van der Waals surface area contributed by atoms with Crippen molar-refractivity contribution in [2.24, 2.45) is 0 Å². The third-order valence-corrected chi connectivity index (χ3v) is 4.16. The van der Waals surface area contributed by atoms with Crippen molar-refractivity contribution in [1.82, 2.24) is 4.90 Å². The Kier molecular flexibility index (Phi) is 5.16. The number of cyclic esters (lactones) is 1. The summed E-state index contributed by atoms with van der Waals surface area (Å²) in [6, 6.07) is 7.90. The van der Waals surface area contributed by atoms with Crippen LogP contribution in [0.25, 0.3) is 5.57 Å². The normalized spacial score (nSPS) is 15.9. The fourth-order valence-electron chi connectivity index (χ4n) is 2.45. The Morgan fingerprint density at radius 3 is 2.36 bits per heavy atom. The molecule has 1 heterocycles. The Labute approximate surface area is 148 Å². The molecule has 1 saturated heterocycles. The molecular formula is C20H23NO4. The van der Waals surface area contributed by atoms with E-state index in [-0.39, 0.29) is 17.9 Å². The van der Waals surface area contributed by atoms with Crippen molar-refractivity contribution in [1.29, 1.82) is 0 Å². The van der Waals surface area contributed by atoms with Crippen LogP contribution in [0.3, 0.4) is 0 Å². The summed E-state index contributed by atoms with van der Waals surface area (Å²) in [7, 11) is 0. The molecule has 1 fully saturated rings. The molecule has 0 unspecified atom stereocenters. The molecule has 1 aromatic rings. The van der Waals surface area contributed by atoms with Crippen LogP contribution in [0.4, 0.5) is 4.79 Å². The Bertz CT molecular complexity index is 756. The molecule has 1 amide bonds. The number of hydrogen-bond donors (Lipinski definition) is 0. The summed E-state index contributed by atoms with van der Waals surface area (Å²) >= 11 is 0. The predicted octanol–water partition coefficient (Wildman–Crippen LogP) is 4.37. The van der Waals surface area contributed by atoms with E-state index in [1.807, 2.05) is 45.0 Å². The summed E-state index contributed by atoms with van der Waals surface area (Å²) in [5, 5.41) is 0. The molecule has 0 N–H and O–H groups in total. The van der Waals surface area contributed by atoms with Crippen LogP contribution in [0.15, 0.2) is 55.0 Å². The number of carbonyl (C=O) groups excluding carboxylic acids is 2. The van der Waals surface area contributed by atoms with Gasteiger partial charge in [0.2, 0.25) is 0 Å². The van der Waals surface area contributed by atoms with Crippen LogP contribution in [-0.2, 0) is 19.8 Å². The monoisotopic (exact) mass is 341 g/mol. The van der Waals surface area contributed by atoms with Crippen LogP contribution in [0.2, 0.25) is 0 Å². The zero-order valence-electron chi connectivity index (χ0n) is 15.1. The molecule has 0 saturated carbocycles. The molecule has 0 aliphatic carbocycles. The van der Waals surface area contributed by atoms with Crippen LogP contribution in [-0.4, -0.2) is 23.5 Å².